The van der Waals surface area contributed by atoms with Gasteiger partial charge in [-0.3, -0.25) is 0 Å². The van der Waals surface area contributed by atoms with Crippen molar-refractivity contribution in [3.05, 3.63) is 29.3 Å². The molecule has 0 unspecified atom stereocenters. The molecule has 5 nitrogen and oxygen atoms in total. The number of carbonyl (C=O) groups excluding carboxylic acids is 1. The van der Waals surface area contributed by atoms with E-state index in [2.05, 4.69) is 10.1 Å². The van der Waals surface area contributed by atoms with Crippen molar-refractivity contribution in [2.45, 2.75) is 6.18 Å². The zero-order valence-corrected chi connectivity index (χ0v) is 12.3. The minimum atomic E-state index is -4.41. The highest BCUT2D eigenvalue weighted by Crippen LogP contribution is 2.15. The Bertz CT molecular complexity index is 469. The Morgan fingerprint density at radius 3 is 2.45 bits per heavy atom. The molecule has 9 heteroatoms. The summed E-state index contributed by atoms with van der Waals surface area (Å²) in [5, 5.41) is 12.0. The zero-order chi connectivity index (χ0) is 16.6. The van der Waals surface area contributed by atoms with Gasteiger partial charge in [0.05, 0.1) is 13.2 Å². The lowest BCUT2D eigenvalue weighted by Crippen LogP contribution is -2.39. The number of ether oxygens (including phenoxy) is 1. The van der Waals surface area contributed by atoms with Crippen LogP contribution in [0.5, 0.6) is 0 Å². The molecule has 0 saturated carbocycles. The smallest absolute Gasteiger partial charge is 0.395 e. The van der Waals surface area contributed by atoms with Crippen LogP contribution in [0.1, 0.15) is 0 Å². The molecule has 2 amide bonds. The van der Waals surface area contributed by atoms with Crippen LogP contribution in [-0.4, -0.2) is 55.1 Å². The number of aliphatic hydroxyl groups is 1. The predicted molar refractivity (Wildman–Crippen MR) is 76.0 cm³/mol. The fourth-order valence-electron chi connectivity index (χ4n) is 1.53. The number of hydrogen-bond donors (Lipinski definition) is 2. The van der Waals surface area contributed by atoms with Crippen LogP contribution in [0.2, 0.25) is 5.02 Å². The molecule has 1 aromatic rings. The van der Waals surface area contributed by atoms with E-state index in [0.717, 1.165) is 4.90 Å². The number of halogens is 4. The van der Waals surface area contributed by atoms with E-state index in [-0.39, 0.29) is 26.3 Å². The second-order valence-electron chi connectivity index (χ2n) is 4.32. The van der Waals surface area contributed by atoms with Crippen molar-refractivity contribution < 1.29 is 27.8 Å². The zero-order valence-electron chi connectivity index (χ0n) is 11.6. The first-order chi connectivity index (χ1) is 10.3. The molecule has 0 aliphatic heterocycles. The lowest BCUT2D eigenvalue weighted by Gasteiger charge is -2.22. The highest BCUT2D eigenvalue weighted by atomic mass is 35.5. The lowest BCUT2D eigenvalue weighted by molar-refractivity contribution is -0.174. The van der Waals surface area contributed by atoms with Gasteiger partial charge in [0.15, 0.2) is 0 Å². The lowest BCUT2D eigenvalue weighted by atomic mass is 10.3. The van der Waals surface area contributed by atoms with Gasteiger partial charge in [-0.15, -0.1) is 0 Å². The molecular weight excluding hydrogens is 325 g/mol. The van der Waals surface area contributed by atoms with Crippen molar-refractivity contribution >= 4 is 23.3 Å². The molecule has 2 N–H and O–H groups in total. The van der Waals surface area contributed by atoms with Crippen LogP contribution < -0.4 is 5.32 Å². The van der Waals surface area contributed by atoms with E-state index in [9.17, 15) is 18.0 Å². The van der Waals surface area contributed by atoms with Gasteiger partial charge in [-0.1, -0.05) is 11.6 Å². The Kier molecular flexibility index (Phi) is 7.43. The topological polar surface area (TPSA) is 61.8 Å². The van der Waals surface area contributed by atoms with Gasteiger partial charge in [0.1, 0.15) is 6.61 Å². The molecule has 1 aromatic carbocycles. The molecule has 0 atom stereocenters. The number of alkyl halides is 3. The van der Waals surface area contributed by atoms with E-state index in [1.807, 2.05) is 0 Å². The van der Waals surface area contributed by atoms with Gasteiger partial charge >= 0.3 is 12.2 Å². The first kappa shape index (κ1) is 18.5. The quantitative estimate of drug-likeness (QED) is 0.750. The van der Waals surface area contributed by atoms with E-state index in [0.29, 0.717) is 10.7 Å². The Balaban J connectivity index is 2.47. The molecular formula is C13H16ClF3N2O3. The average molecular weight is 341 g/mol. The maximum Gasteiger partial charge on any atom is 0.411 e. The maximum atomic E-state index is 12.0. The molecule has 0 saturated heterocycles. The fraction of sp³-hybridized carbons (Fsp3) is 0.462. The average Bonchev–Trinajstić information content (AvgIpc) is 2.43. The number of rotatable bonds is 7. The van der Waals surface area contributed by atoms with Gasteiger partial charge in [-0.2, -0.15) is 13.2 Å². The van der Waals surface area contributed by atoms with Crippen molar-refractivity contribution in [2.75, 3.05) is 38.2 Å². The van der Waals surface area contributed by atoms with E-state index < -0.39 is 18.8 Å². The number of aliphatic hydroxyl groups excluding tert-OH is 1. The van der Waals surface area contributed by atoms with Crippen molar-refractivity contribution in [3.63, 3.8) is 0 Å². The van der Waals surface area contributed by atoms with Gasteiger partial charge < -0.3 is 20.1 Å². The van der Waals surface area contributed by atoms with Crippen LogP contribution in [0.25, 0.3) is 0 Å². The van der Waals surface area contributed by atoms with Crippen LogP contribution >= 0.6 is 11.6 Å². The number of carbonyl (C=O) groups is 1. The van der Waals surface area contributed by atoms with Gasteiger partial charge in [-0.25, -0.2) is 4.79 Å². The van der Waals surface area contributed by atoms with E-state index in [4.69, 9.17) is 16.7 Å². The summed E-state index contributed by atoms with van der Waals surface area (Å²) in [5.41, 5.74) is 0.480. The Morgan fingerprint density at radius 1 is 1.27 bits per heavy atom. The molecule has 22 heavy (non-hydrogen) atoms. The third kappa shape index (κ3) is 7.48. The fourth-order valence-corrected chi connectivity index (χ4v) is 1.66. The summed E-state index contributed by atoms with van der Waals surface area (Å²) >= 11 is 5.72. The van der Waals surface area contributed by atoms with Gasteiger partial charge in [0.25, 0.3) is 0 Å². The molecule has 124 valence electrons. The SMILES string of the molecule is O=C(Nc1ccc(Cl)cc1)N(CCO)CCOCC(F)(F)F. The highest BCUT2D eigenvalue weighted by Gasteiger charge is 2.27. The van der Waals surface area contributed by atoms with Crippen molar-refractivity contribution in [2.24, 2.45) is 0 Å². The third-order valence-corrected chi connectivity index (χ3v) is 2.78. The minimum absolute atomic E-state index is 0.0190. The van der Waals surface area contributed by atoms with E-state index in [1.54, 1.807) is 24.3 Å². The summed E-state index contributed by atoms with van der Waals surface area (Å²) in [4.78, 5) is 13.1. The van der Waals surface area contributed by atoms with Crippen molar-refractivity contribution in [1.82, 2.24) is 4.90 Å². The highest BCUT2D eigenvalue weighted by molar-refractivity contribution is 6.30. The summed E-state index contributed by atoms with van der Waals surface area (Å²) in [5.74, 6) is 0. The molecule has 0 heterocycles. The molecule has 0 aromatic heterocycles. The van der Waals surface area contributed by atoms with Crippen molar-refractivity contribution in [1.29, 1.82) is 0 Å². The van der Waals surface area contributed by atoms with E-state index in [1.165, 1.54) is 0 Å². The maximum absolute atomic E-state index is 12.0. The number of hydrogen-bond acceptors (Lipinski definition) is 3. The van der Waals surface area contributed by atoms with Gasteiger partial charge in [-0.05, 0) is 24.3 Å². The molecule has 1 rings (SSSR count). The van der Waals surface area contributed by atoms with Gasteiger partial charge in [0.2, 0.25) is 0 Å². The molecule has 0 aliphatic rings. The summed E-state index contributed by atoms with van der Waals surface area (Å²) in [6.45, 7) is -2.06. The molecule has 0 aliphatic carbocycles. The predicted octanol–water partition coefficient (Wildman–Crippen LogP) is 2.75. The number of urea groups is 1. The van der Waals surface area contributed by atoms with Crippen LogP contribution in [0.3, 0.4) is 0 Å². The molecule has 0 radical (unpaired) electrons. The van der Waals surface area contributed by atoms with Crippen LogP contribution in [0, 0.1) is 0 Å². The Hall–Kier alpha value is -1.51. The summed E-state index contributed by atoms with van der Waals surface area (Å²) in [6, 6.07) is 5.78. The molecule has 0 spiro atoms. The monoisotopic (exact) mass is 340 g/mol. The Labute approximate surface area is 130 Å². The number of nitrogens with one attached hydrogen (secondary N) is 1. The summed E-state index contributed by atoms with van der Waals surface area (Å²) in [6.07, 6.45) is -4.41. The van der Waals surface area contributed by atoms with Crippen LogP contribution in [-0.2, 0) is 4.74 Å². The van der Waals surface area contributed by atoms with E-state index >= 15 is 0 Å². The normalized spacial score (nSPS) is 11.3. The summed E-state index contributed by atoms with van der Waals surface area (Å²) in [7, 11) is 0. The molecule has 0 bridgehead atoms. The van der Waals surface area contributed by atoms with Crippen molar-refractivity contribution in [3.8, 4) is 0 Å². The molecule has 0 fully saturated rings. The number of amides is 2. The largest absolute Gasteiger partial charge is 0.411 e. The standard InChI is InChI=1S/C13H16ClF3N2O3/c14-10-1-3-11(4-2-10)18-12(21)19(5-7-20)6-8-22-9-13(15,16)17/h1-4,20H,5-9H2,(H,18,21). The number of anilines is 1. The number of benzene rings is 1. The first-order valence-corrected chi connectivity index (χ1v) is 6.76. The van der Waals surface area contributed by atoms with Crippen LogP contribution in [0.4, 0.5) is 23.7 Å². The minimum Gasteiger partial charge on any atom is -0.395 e. The van der Waals surface area contributed by atoms with Gasteiger partial charge in [0, 0.05) is 23.8 Å². The summed E-state index contributed by atoms with van der Waals surface area (Å²) < 4.78 is 40.3. The third-order valence-electron chi connectivity index (χ3n) is 2.52. The number of nitrogens with zero attached hydrogens (tertiary/aromatic N) is 1. The second kappa shape index (κ2) is 8.82. The second-order valence-corrected chi connectivity index (χ2v) is 4.75. The van der Waals surface area contributed by atoms with Crippen LogP contribution in [0.15, 0.2) is 24.3 Å². The Morgan fingerprint density at radius 2 is 1.91 bits per heavy atom. The first-order valence-electron chi connectivity index (χ1n) is 6.38.